The summed E-state index contributed by atoms with van der Waals surface area (Å²) in [5.74, 6) is -0.457. The number of benzene rings is 1. The minimum atomic E-state index is -4.13. The summed E-state index contributed by atoms with van der Waals surface area (Å²) < 4.78 is 37.0. The molecule has 5 heteroatoms. The van der Waals surface area contributed by atoms with Crippen molar-refractivity contribution in [1.82, 2.24) is 0 Å². The molecular formula is C12H15ClF3N. The second kappa shape index (κ2) is 6.26. The highest BCUT2D eigenvalue weighted by Crippen LogP contribution is 2.28. The van der Waals surface area contributed by atoms with Crippen LogP contribution >= 0.6 is 11.6 Å². The monoisotopic (exact) mass is 265 g/mol. The van der Waals surface area contributed by atoms with Crippen LogP contribution in [0.4, 0.5) is 13.2 Å². The lowest BCUT2D eigenvalue weighted by atomic mass is 9.93. The molecule has 0 aliphatic rings. The third kappa shape index (κ3) is 5.94. The van der Waals surface area contributed by atoms with Gasteiger partial charge in [-0.2, -0.15) is 13.2 Å². The lowest BCUT2D eigenvalue weighted by Gasteiger charge is -2.18. The van der Waals surface area contributed by atoms with Crippen LogP contribution in [0.2, 0.25) is 5.02 Å². The highest BCUT2D eigenvalue weighted by atomic mass is 35.5. The largest absolute Gasteiger partial charge is 0.389 e. The van der Waals surface area contributed by atoms with Gasteiger partial charge in [0.2, 0.25) is 0 Å². The Morgan fingerprint density at radius 3 is 2.24 bits per heavy atom. The van der Waals surface area contributed by atoms with Gasteiger partial charge in [-0.25, -0.2) is 0 Å². The fourth-order valence-electron chi connectivity index (χ4n) is 1.79. The van der Waals surface area contributed by atoms with Crippen LogP contribution in [0.15, 0.2) is 24.3 Å². The quantitative estimate of drug-likeness (QED) is 0.861. The Balaban J connectivity index is 2.63. The Morgan fingerprint density at radius 1 is 1.18 bits per heavy atom. The average molecular weight is 266 g/mol. The Kier molecular flexibility index (Phi) is 5.28. The SMILES string of the molecule is NCCC(Cc1ccc(Cl)cc1)CC(F)(F)F. The fourth-order valence-corrected chi connectivity index (χ4v) is 1.92. The summed E-state index contributed by atoms with van der Waals surface area (Å²) in [4.78, 5) is 0. The van der Waals surface area contributed by atoms with Crippen molar-refractivity contribution in [1.29, 1.82) is 0 Å². The molecule has 1 aromatic rings. The third-order valence-corrected chi connectivity index (χ3v) is 2.78. The fraction of sp³-hybridized carbons (Fsp3) is 0.500. The highest BCUT2D eigenvalue weighted by Gasteiger charge is 2.31. The molecule has 0 bridgehead atoms. The molecule has 0 saturated carbocycles. The minimum absolute atomic E-state index is 0.272. The summed E-state index contributed by atoms with van der Waals surface area (Å²) in [6.07, 6.45) is -4.16. The van der Waals surface area contributed by atoms with Crippen LogP contribution in [-0.4, -0.2) is 12.7 Å². The average Bonchev–Trinajstić information content (AvgIpc) is 2.19. The molecule has 96 valence electrons. The summed E-state index contributed by atoms with van der Waals surface area (Å²) in [6.45, 7) is 0.272. The molecule has 1 rings (SSSR count). The van der Waals surface area contributed by atoms with Crippen LogP contribution in [0.3, 0.4) is 0 Å². The Labute approximate surface area is 104 Å². The van der Waals surface area contributed by atoms with Crippen molar-refractivity contribution in [3.05, 3.63) is 34.9 Å². The van der Waals surface area contributed by atoms with Crippen molar-refractivity contribution in [2.75, 3.05) is 6.54 Å². The van der Waals surface area contributed by atoms with Gasteiger partial charge in [-0.05, 0) is 43.0 Å². The summed E-state index contributed by atoms with van der Waals surface area (Å²) in [6, 6.07) is 6.87. The minimum Gasteiger partial charge on any atom is -0.330 e. The van der Waals surface area contributed by atoms with Crippen LogP contribution in [0.25, 0.3) is 0 Å². The first-order valence-electron chi connectivity index (χ1n) is 5.42. The standard InChI is InChI=1S/C12H15ClF3N/c13-11-3-1-9(2-4-11)7-10(5-6-17)8-12(14,15)16/h1-4,10H,5-8,17H2. The Bertz CT molecular complexity index is 335. The molecule has 0 aromatic heterocycles. The molecule has 2 N–H and O–H groups in total. The van der Waals surface area contributed by atoms with Gasteiger partial charge in [0.1, 0.15) is 0 Å². The van der Waals surface area contributed by atoms with Crippen molar-refractivity contribution >= 4 is 11.6 Å². The molecule has 1 unspecified atom stereocenters. The van der Waals surface area contributed by atoms with E-state index in [1.165, 1.54) is 0 Å². The zero-order chi connectivity index (χ0) is 12.9. The second-order valence-electron chi connectivity index (χ2n) is 4.09. The topological polar surface area (TPSA) is 26.0 Å². The van der Waals surface area contributed by atoms with Gasteiger partial charge in [-0.3, -0.25) is 0 Å². The van der Waals surface area contributed by atoms with Gasteiger partial charge in [0.15, 0.2) is 0 Å². The Hall–Kier alpha value is -0.740. The molecular weight excluding hydrogens is 251 g/mol. The zero-order valence-electron chi connectivity index (χ0n) is 9.30. The van der Waals surface area contributed by atoms with Gasteiger partial charge < -0.3 is 5.73 Å². The van der Waals surface area contributed by atoms with E-state index < -0.39 is 18.5 Å². The van der Waals surface area contributed by atoms with E-state index in [1.807, 2.05) is 0 Å². The van der Waals surface area contributed by atoms with Crippen LogP contribution in [0.1, 0.15) is 18.4 Å². The van der Waals surface area contributed by atoms with Gasteiger partial charge in [0.05, 0.1) is 0 Å². The van der Waals surface area contributed by atoms with Crippen molar-refractivity contribution in [3.8, 4) is 0 Å². The van der Waals surface area contributed by atoms with E-state index in [-0.39, 0.29) is 6.54 Å². The van der Waals surface area contributed by atoms with Crippen LogP contribution in [0, 0.1) is 5.92 Å². The van der Waals surface area contributed by atoms with E-state index in [2.05, 4.69) is 0 Å². The number of nitrogens with two attached hydrogens (primary N) is 1. The smallest absolute Gasteiger partial charge is 0.330 e. The number of alkyl halides is 3. The van der Waals surface area contributed by atoms with E-state index in [0.29, 0.717) is 17.9 Å². The molecule has 0 spiro atoms. The molecule has 0 aliphatic heterocycles. The van der Waals surface area contributed by atoms with E-state index in [4.69, 9.17) is 17.3 Å². The predicted octanol–water partition coefficient (Wildman–Crippen LogP) is 3.80. The third-order valence-electron chi connectivity index (χ3n) is 2.53. The number of hydrogen-bond donors (Lipinski definition) is 1. The van der Waals surface area contributed by atoms with Gasteiger partial charge in [0.25, 0.3) is 0 Å². The molecule has 17 heavy (non-hydrogen) atoms. The van der Waals surface area contributed by atoms with E-state index >= 15 is 0 Å². The molecule has 0 aliphatic carbocycles. The lowest BCUT2D eigenvalue weighted by molar-refractivity contribution is -0.144. The van der Waals surface area contributed by atoms with Gasteiger partial charge in [0, 0.05) is 11.4 Å². The van der Waals surface area contributed by atoms with Crippen molar-refractivity contribution in [3.63, 3.8) is 0 Å². The second-order valence-corrected chi connectivity index (χ2v) is 4.53. The predicted molar refractivity (Wildman–Crippen MR) is 63.0 cm³/mol. The summed E-state index contributed by atoms with van der Waals surface area (Å²) >= 11 is 5.72. The zero-order valence-corrected chi connectivity index (χ0v) is 10.1. The summed E-state index contributed by atoms with van der Waals surface area (Å²) in [5.41, 5.74) is 6.20. The molecule has 0 heterocycles. The summed E-state index contributed by atoms with van der Waals surface area (Å²) in [7, 11) is 0. The van der Waals surface area contributed by atoms with Gasteiger partial charge >= 0.3 is 6.18 Å². The molecule has 0 amide bonds. The molecule has 1 nitrogen and oxygen atoms in total. The summed E-state index contributed by atoms with van der Waals surface area (Å²) in [5, 5.41) is 0.583. The highest BCUT2D eigenvalue weighted by molar-refractivity contribution is 6.30. The van der Waals surface area contributed by atoms with Crippen LogP contribution < -0.4 is 5.73 Å². The van der Waals surface area contributed by atoms with E-state index in [9.17, 15) is 13.2 Å². The lowest BCUT2D eigenvalue weighted by Crippen LogP contribution is -2.19. The molecule has 1 aromatic carbocycles. The van der Waals surface area contributed by atoms with Crippen molar-refractivity contribution < 1.29 is 13.2 Å². The first kappa shape index (κ1) is 14.3. The first-order valence-corrected chi connectivity index (χ1v) is 5.80. The molecule has 1 atom stereocenters. The number of rotatable bonds is 5. The van der Waals surface area contributed by atoms with E-state index in [0.717, 1.165) is 5.56 Å². The van der Waals surface area contributed by atoms with Crippen LogP contribution in [0.5, 0.6) is 0 Å². The maximum absolute atomic E-state index is 12.3. The number of hydrogen-bond acceptors (Lipinski definition) is 1. The molecule has 0 fully saturated rings. The van der Waals surface area contributed by atoms with Crippen molar-refractivity contribution in [2.24, 2.45) is 11.7 Å². The van der Waals surface area contributed by atoms with Crippen molar-refractivity contribution in [2.45, 2.75) is 25.4 Å². The molecule has 0 radical (unpaired) electrons. The number of halogens is 4. The van der Waals surface area contributed by atoms with Crippen LogP contribution in [-0.2, 0) is 6.42 Å². The maximum Gasteiger partial charge on any atom is 0.389 e. The van der Waals surface area contributed by atoms with E-state index in [1.54, 1.807) is 24.3 Å². The first-order chi connectivity index (χ1) is 7.90. The van der Waals surface area contributed by atoms with Gasteiger partial charge in [-0.15, -0.1) is 0 Å². The molecule has 0 saturated heterocycles. The Morgan fingerprint density at radius 2 is 1.76 bits per heavy atom. The maximum atomic E-state index is 12.3. The van der Waals surface area contributed by atoms with Gasteiger partial charge in [-0.1, -0.05) is 23.7 Å². The normalized spacial score (nSPS) is 13.7.